The predicted molar refractivity (Wildman–Crippen MR) is 161 cm³/mol. The summed E-state index contributed by atoms with van der Waals surface area (Å²) in [5, 5.41) is 2.76. The molecule has 2 atom stereocenters. The first-order valence-corrected chi connectivity index (χ1v) is 15.8. The highest BCUT2D eigenvalue weighted by Crippen LogP contribution is 2.26. The van der Waals surface area contributed by atoms with Gasteiger partial charge < -0.3 is 20.0 Å². The molecule has 5 rings (SSSR count). The summed E-state index contributed by atoms with van der Waals surface area (Å²) in [6, 6.07) is 20.1. The van der Waals surface area contributed by atoms with Crippen LogP contribution >= 0.6 is 0 Å². The lowest BCUT2D eigenvalue weighted by atomic mass is 9.88. The maximum absolute atomic E-state index is 13.4. The molecule has 42 heavy (non-hydrogen) atoms. The average molecular weight is 573 g/mol. The fourth-order valence-corrected chi connectivity index (χ4v) is 6.80. The van der Waals surface area contributed by atoms with Gasteiger partial charge >= 0.3 is 23.6 Å². The highest BCUT2D eigenvalue weighted by Gasteiger charge is 2.39. The minimum Gasteiger partial charge on any atom is -0.346 e. The molecule has 2 aliphatic heterocycles. The Balaban J connectivity index is 1.17. The standard InChI is InChI=1S/C34H44N4O4/c39-31-32(40)38(24-28-16-8-3-9-17-28)29(23-35-31)18-10-11-20-36-25-30(22-27-14-6-2-7-15-27)37(34(42)33(36)41)21-19-26-12-4-1-5-13-26/h1-2,4-7,12-15,28-30H,3,8-11,16-25H2,(H,35,39)/t29-,30-/m0/s1. The number of rotatable bonds is 12. The van der Waals surface area contributed by atoms with Crippen molar-refractivity contribution in [2.24, 2.45) is 5.92 Å². The van der Waals surface area contributed by atoms with E-state index in [9.17, 15) is 19.2 Å². The number of carbonyl (C=O) groups is 4. The largest absolute Gasteiger partial charge is 0.346 e. The topological polar surface area (TPSA) is 90.0 Å². The van der Waals surface area contributed by atoms with Gasteiger partial charge in [-0.15, -0.1) is 0 Å². The Morgan fingerprint density at radius 1 is 0.690 bits per heavy atom. The minimum atomic E-state index is -0.499. The number of nitrogens with zero attached hydrogens (tertiary/aromatic N) is 3. The summed E-state index contributed by atoms with van der Waals surface area (Å²) in [6.07, 6.45) is 9.62. The third-order valence-corrected chi connectivity index (χ3v) is 9.19. The van der Waals surface area contributed by atoms with Gasteiger partial charge in [-0.05, 0) is 62.0 Å². The van der Waals surface area contributed by atoms with Gasteiger partial charge in [0, 0.05) is 38.8 Å². The molecular formula is C34H44N4O4. The second-order valence-electron chi connectivity index (χ2n) is 12.2. The molecule has 1 N–H and O–H groups in total. The van der Waals surface area contributed by atoms with Gasteiger partial charge in [-0.3, -0.25) is 19.2 Å². The highest BCUT2D eigenvalue weighted by molar-refractivity contribution is 6.36. The Morgan fingerprint density at radius 3 is 2.10 bits per heavy atom. The molecule has 0 radical (unpaired) electrons. The number of nitrogens with one attached hydrogen (secondary N) is 1. The van der Waals surface area contributed by atoms with Crippen molar-refractivity contribution in [2.75, 3.05) is 32.7 Å². The molecule has 8 nitrogen and oxygen atoms in total. The zero-order valence-corrected chi connectivity index (χ0v) is 24.6. The maximum atomic E-state index is 13.4. The van der Waals surface area contributed by atoms with Crippen molar-refractivity contribution in [3.63, 3.8) is 0 Å². The molecule has 0 aromatic heterocycles. The normalized spacial score (nSPS) is 22.0. The molecule has 2 aromatic carbocycles. The molecule has 0 unspecified atom stereocenters. The van der Waals surface area contributed by atoms with E-state index in [2.05, 4.69) is 29.6 Å². The molecule has 1 aliphatic carbocycles. The molecule has 2 heterocycles. The summed E-state index contributed by atoms with van der Waals surface area (Å²) in [7, 11) is 0. The summed E-state index contributed by atoms with van der Waals surface area (Å²) in [5.74, 6) is -1.28. The van der Waals surface area contributed by atoms with E-state index in [1.165, 1.54) is 19.3 Å². The van der Waals surface area contributed by atoms with Crippen LogP contribution in [0.4, 0.5) is 0 Å². The van der Waals surface area contributed by atoms with Crippen molar-refractivity contribution in [2.45, 2.75) is 76.3 Å². The Morgan fingerprint density at radius 2 is 1.38 bits per heavy atom. The smallest absolute Gasteiger partial charge is 0.312 e. The number of hydrogen-bond acceptors (Lipinski definition) is 4. The van der Waals surface area contributed by atoms with Crippen molar-refractivity contribution in [1.29, 1.82) is 0 Å². The SMILES string of the molecule is O=C1NC[C@H](CCCCN2C[C@H](Cc3ccccc3)N(CCc3ccccc3)C(=O)C2=O)N(CC2CCCCC2)C1=O. The highest BCUT2D eigenvalue weighted by atomic mass is 16.2. The van der Waals surface area contributed by atoms with Crippen LogP contribution in [0.1, 0.15) is 62.5 Å². The molecule has 3 aliphatic rings. The Bertz CT molecular complexity index is 1210. The number of unbranched alkanes of at least 4 members (excludes halogenated alkanes) is 1. The van der Waals surface area contributed by atoms with Crippen LogP contribution in [-0.2, 0) is 32.0 Å². The van der Waals surface area contributed by atoms with E-state index in [0.29, 0.717) is 51.5 Å². The Labute approximate surface area is 249 Å². The van der Waals surface area contributed by atoms with Crippen molar-refractivity contribution in [3.8, 4) is 0 Å². The van der Waals surface area contributed by atoms with Crippen molar-refractivity contribution >= 4 is 23.6 Å². The third kappa shape index (κ3) is 7.58. The van der Waals surface area contributed by atoms with Crippen LogP contribution in [-0.4, -0.2) is 83.1 Å². The van der Waals surface area contributed by atoms with Crippen LogP contribution in [0.3, 0.4) is 0 Å². The van der Waals surface area contributed by atoms with Gasteiger partial charge in [0.05, 0.1) is 6.04 Å². The molecule has 3 fully saturated rings. The fraction of sp³-hybridized carbons (Fsp3) is 0.529. The Hall–Kier alpha value is -3.68. The van der Waals surface area contributed by atoms with Gasteiger partial charge in [0.25, 0.3) is 0 Å². The van der Waals surface area contributed by atoms with Crippen molar-refractivity contribution < 1.29 is 19.2 Å². The van der Waals surface area contributed by atoms with Gasteiger partial charge in [0.15, 0.2) is 0 Å². The van der Waals surface area contributed by atoms with Crippen LogP contribution in [0.15, 0.2) is 60.7 Å². The molecule has 1 saturated carbocycles. The fourth-order valence-electron chi connectivity index (χ4n) is 6.80. The lowest BCUT2D eigenvalue weighted by molar-refractivity contribution is -0.159. The summed E-state index contributed by atoms with van der Waals surface area (Å²) in [4.78, 5) is 56.8. The molecular weight excluding hydrogens is 528 g/mol. The van der Waals surface area contributed by atoms with Gasteiger partial charge in [-0.25, -0.2) is 0 Å². The first kappa shape index (κ1) is 29.8. The summed E-state index contributed by atoms with van der Waals surface area (Å²) in [5.41, 5.74) is 2.30. The lowest BCUT2D eigenvalue weighted by Gasteiger charge is -2.41. The first-order chi connectivity index (χ1) is 20.5. The van der Waals surface area contributed by atoms with Gasteiger partial charge in [-0.1, -0.05) is 79.9 Å². The number of hydrogen-bond donors (Lipinski definition) is 1. The molecule has 2 aromatic rings. The summed E-state index contributed by atoms with van der Waals surface area (Å²) < 4.78 is 0. The van der Waals surface area contributed by atoms with Crippen LogP contribution in [0, 0.1) is 5.92 Å². The van der Waals surface area contributed by atoms with Gasteiger partial charge in [-0.2, -0.15) is 0 Å². The van der Waals surface area contributed by atoms with E-state index >= 15 is 0 Å². The minimum absolute atomic E-state index is 0.0184. The summed E-state index contributed by atoms with van der Waals surface area (Å²) in [6.45, 7) is 2.68. The lowest BCUT2D eigenvalue weighted by Crippen LogP contribution is -2.60. The van der Waals surface area contributed by atoms with E-state index in [-0.39, 0.29) is 12.1 Å². The van der Waals surface area contributed by atoms with Crippen LogP contribution in [0.2, 0.25) is 0 Å². The molecule has 4 amide bonds. The second-order valence-corrected chi connectivity index (χ2v) is 12.2. The molecule has 0 spiro atoms. The average Bonchev–Trinajstić information content (AvgIpc) is 3.02. The second kappa shape index (κ2) is 14.5. The van der Waals surface area contributed by atoms with Crippen molar-refractivity contribution in [1.82, 2.24) is 20.0 Å². The maximum Gasteiger partial charge on any atom is 0.312 e. The zero-order valence-electron chi connectivity index (χ0n) is 24.6. The van der Waals surface area contributed by atoms with E-state index in [1.807, 2.05) is 41.3 Å². The molecule has 8 heteroatoms. The van der Waals surface area contributed by atoms with Crippen LogP contribution in [0.25, 0.3) is 0 Å². The first-order valence-electron chi connectivity index (χ1n) is 15.8. The van der Waals surface area contributed by atoms with E-state index < -0.39 is 23.6 Å². The molecule has 0 bridgehead atoms. The quantitative estimate of drug-likeness (QED) is 0.311. The van der Waals surface area contributed by atoms with Gasteiger partial charge in [0.2, 0.25) is 0 Å². The number of piperazine rings is 2. The number of amides is 4. The van der Waals surface area contributed by atoms with E-state index in [4.69, 9.17) is 0 Å². The molecule has 2 saturated heterocycles. The molecule has 224 valence electrons. The van der Waals surface area contributed by atoms with E-state index in [0.717, 1.165) is 43.2 Å². The predicted octanol–water partition coefficient (Wildman–Crippen LogP) is 3.59. The third-order valence-electron chi connectivity index (χ3n) is 9.19. The summed E-state index contributed by atoms with van der Waals surface area (Å²) >= 11 is 0. The van der Waals surface area contributed by atoms with Crippen molar-refractivity contribution in [3.05, 3.63) is 71.8 Å². The van der Waals surface area contributed by atoms with E-state index in [1.54, 1.807) is 9.80 Å². The number of carbonyl (C=O) groups excluding carboxylic acids is 4. The Kier molecular flexibility index (Phi) is 10.3. The van der Waals surface area contributed by atoms with Gasteiger partial charge in [0.1, 0.15) is 0 Å². The number of benzene rings is 2. The van der Waals surface area contributed by atoms with Crippen LogP contribution < -0.4 is 5.32 Å². The zero-order chi connectivity index (χ0) is 29.3. The monoisotopic (exact) mass is 572 g/mol. The van der Waals surface area contributed by atoms with Crippen LogP contribution in [0.5, 0.6) is 0 Å².